The predicted octanol–water partition coefficient (Wildman–Crippen LogP) is 2.97. The fourth-order valence-electron chi connectivity index (χ4n) is 2.12. The van der Waals surface area contributed by atoms with E-state index in [0.717, 1.165) is 0 Å². The molecule has 90 valence electrons. The number of carbonyl (C=O) groups is 1. The summed E-state index contributed by atoms with van der Waals surface area (Å²) in [6, 6.07) is -0.158. The molecule has 0 aromatic heterocycles. The van der Waals surface area contributed by atoms with Gasteiger partial charge >= 0.3 is 0 Å². The molecule has 1 saturated carbocycles. The third-order valence-electron chi connectivity index (χ3n) is 3.16. The molecule has 1 rings (SSSR count). The van der Waals surface area contributed by atoms with E-state index in [1.165, 1.54) is 0 Å². The monoisotopic (exact) mass is 221 g/mol. The van der Waals surface area contributed by atoms with Gasteiger partial charge in [0.25, 0.3) is 0 Å². The summed E-state index contributed by atoms with van der Waals surface area (Å²) >= 11 is 0. The van der Waals surface area contributed by atoms with E-state index in [2.05, 4.69) is 5.32 Å². The maximum atomic E-state index is 12.7. The highest BCUT2D eigenvalue weighted by molar-refractivity contribution is 5.47. The van der Waals surface area contributed by atoms with Crippen molar-refractivity contribution in [3.8, 4) is 0 Å². The van der Waals surface area contributed by atoms with Gasteiger partial charge in [-0.15, -0.1) is 0 Å². The third-order valence-corrected chi connectivity index (χ3v) is 3.16. The number of hydrogen-bond donors (Lipinski definition) is 1. The maximum absolute atomic E-state index is 12.7. The summed E-state index contributed by atoms with van der Waals surface area (Å²) in [7, 11) is 0. The van der Waals surface area contributed by atoms with Crippen molar-refractivity contribution >= 4 is 6.41 Å². The second-order valence-corrected chi connectivity index (χ2v) is 3.93. The number of halogens is 2. The second-order valence-electron chi connectivity index (χ2n) is 3.93. The molecule has 1 unspecified atom stereocenters. The maximum Gasteiger partial charge on any atom is 0.249 e. The molecule has 0 bridgehead atoms. The van der Waals surface area contributed by atoms with Crippen molar-refractivity contribution in [3.63, 3.8) is 0 Å². The van der Waals surface area contributed by atoms with Crippen molar-refractivity contribution in [1.82, 2.24) is 5.32 Å². The van der Waals surface area contributed by atoms with Crippen LogP contribution >= 0.6 is 0 Å². The van der Waals surface area contributed by atoms with Gasteiger partial charge in [0.05, 0.1) is 0 Å². The summed E-state index contributed by atoms with van der Waals surface area (Å²) in [4.78, 5) is 10.2. The number of nitrogens with one attached hydrogen (secondary N) is 1. The topological polar surface area (TPSA) is 29.1 Å². The highest BCUT2D eigenvalue weighted by Crippen LogP contribution is 2.55. The van der Waals surface area contributed by atoms with Gasteiger partial charge in [-0.1, -0.05) is 20.8 Å². The zero-order valence-electron chi connectivity index (χ0n) is 9.94. The SMILES string of the molecule is CC.CCC1(C(C)NC=O)CC(F)(F)C1. The van der Waals surface area contributed by atoms with Crippen LogP contribution in [0.3, 0.4) is 0 Å². The normalized spacial score (nSPS) is 22.8. The van der Waals surface area contributed by atoms with Crippen LogP contribution in [0.4, 0.5) is 8.78 Å². The Bertz CT molecular complexity index is 199. The summed E-state index contributed by atoms with van der Waals surface area (Å²) in [6.07, 6.45) is 1.07. The molecule has 1 aliphatic carbocycles. The standard InChI is InChI=1S/C9H15F2NO.C2H6/c1-3-8(7(2)12-6-13)4-9(10,11)5-8;1-2/h6-7H,3-5H2,1-2H3,(H,12,13);1-2H3. The smallest absolute Gasteiger partial charge is 0.249 e. The van der Waals surface area contributed by atoms with Crippen molar-refractivity contribution in [3.05, 3.63) is 0 Å². The molecule has 0 saturated heterocycles. The molecule has 1 amide bonds. The van der Waals surface area contributed by atoms with Gasteiger partial charge in [0, 0.05) is 24.3 Å². The van der Waals surface area contributed by atoms with Crippen LogP contribution in [0.1, 0.15) is 47.0 Å². The molecule has 1 N–H and O–H groups in total. The third kappa shape index (κ3) is 3.14. The first-order valence-electron chi connectivity index (χ1n) is 5.53. The number of amides is 1. The lowest BCUT2D eigenvalue weighted by Gasteiger charge is -2.50. The van der Waals surface area contributed by atoms with E-state index in [1.54, 1.807) is 6.92 Å². The van der Waals surface area contributed by atoms with Gasteiger partial charge in [-0.25, -0.2) is 8.78 Å². The van der Waals surface area contributed by atoms with Crippen molar-refractivity contribution < 1.29 is 13.6 Å². The largest absolute Gasteiger partial charge is 0.356 e. The summed E-state index contributed by atoms with van der Waals surface area (Å²) < 4.78 is 25.4. The molecule has 1 atom stereocenters. The molecule has 0 radical (unpaired) electrons. The first kappa shape index (κ1) is 14.3. The lowest BCUT2D eigenvalue weighted by molar-refractivity contribution is -0.173. The van der Waals surface area contributed by atoms with Gasteiger partial charge in [-0.3, -0.25) is 4.79 Å². The van der Waals surface area contributed by atoms with Crippen LogP contribution in [0.25, 0.3) is 0 Å². The molecule has 1 fully saturated rings. The van der Waals surface area contributed by atoms with E-state index in [1.807, 2.05) is 20.8 Å². The first-order chi connectivity index (χ1) is 6.96. The van der Waals surface area contributed by atoms with Gasteiger partial charge in [0.1, 0.15) is 0 Å². The first-order valence-corrected chi connectivity index (χ1v) is 5.53. The molecular weight excluding hydrogens is 200 g/mol. The van der Waals surface area contributed by atoms with Crippen LogP contribution in [0.2, 0.25) is 0 Å². The Morgan fingerprint density at radius 1 is 1.40 bits per heavy atom. The summed E-state index contributed by atoms with van der Waals surface area (Å²) in [5, 5.41) is 2.56. The number of hydrogen-bond acceptors (Lipinski definition) is 1. The molecule has 0 aromatic carbocycles. The lowest BCUT2D eigenvalue weighted by Crippen LogP contribution is -2.55. The average molecular weight is 221 g/mol. The van der Waals surface area contributed by atoms with Crippen LogP contribution in [-0.4, -0.2) is 18.4 Å². The average Bonchev–Trinajstić information content (AvgIpc) is 2.17. The molecule has 0 aliphatic heterocycles. The summed E-state index contributed by atoms with van der Waals surface area (Å²) in [6.45, 7) is 7.67. The lowest BCUT2D eigenvalue weighted by atomic mass is 9.60. The van der Waals surface area contributed by atoms with E-state index in [-0.39, 0.29) is 24.3 Å². The molecule has 0 heterocycles. The van der Waals surface area contributed by atoms with E-state index in [0.29, 0.717) is 12.8 Å². The molecule has 4 heteroatoms. The van der Waals surface area contributed by atoms with E-state index in [9.17, 15) is 13.6 Å². The quantitative estimate of drug-likeness (QED) is 0.726. The Kier molecular flexibility index (Phi) is 5.18. The van der Waals surface area contributed by atoms with Gasteiger partial charge < -0.3 is 5.32 Å². The summed E-state index contributed by atoms with van der Waals surface area (Å²) in [5.41, 5.74) is -0.385. The van der Waals surface area contributed by atoms with Crippen molar-refractivity contribution in [2.75, 3.05) is 0 Å². The fraction of sp³-hybridized carbons (Fsp3) is 0.909. The minimum absolute atomic E-state index is 0.0987. The van der Waals surface area contributed by atoms with Crippen LogP contribution < -0.4 is 5.32 Å². The number of carbonyl (C=O) groups excluding carboxylic acids is 1. The number of alkyl halides is 2. The van der Waals surface area contributed by atoms with Crippen LogP contribution in [-0.2, 0) is 4.79 Å². The van der Waals surface area contributed by atoms with Gasteiger partial charge in [0.15, 0.2) is 0 Å². The highest BCUT2D eigenvalue weighted by Gasteiger charge is 2.57. The van der Waals surface area contributed by atoms with E-state index >= 15 is 0 Å². The molecule has 2 nitrogen and oxygen atoms in total. The van der Waals surface area contributed by atoms with Gasteiger partial charge in [-0.2, -0.15) is 0 Å². The molecule has 0 aromatic rings. The Morgan fingerprint density at radius 3 is 2.13 bits per heavy atom. The van der Waals surface area contributed by atoms with E-state index < -0.39 is 5.92 Å². The zero-order valence-corrected chi connectivity index (χ0v) is 9.94. The second kappa shape index (κ2) is 5.42. The predicted molar refractivity (Wildman–Crippen MR) is 56.9 cm³/mol. The number of rotatable bonds is 4. The Hall–Kier alpha value is -0.670. The van der Waals surface area contributed by atoms with Crippen LogP contribution in [0, 0.1) is 5.41 Å². The zero-order chi connectivity index (χ0) is 12.1. The highest BCUT2D eigenvalue weighted by atomic mass is 19.3. The molecule has 1 aliphatic rings. The Labute approximate surface area is 90.4 Å². The Balaban J connectivity index is 0.000000921. The van der Waals surface area contributed by atoms with Crippen LogP contribution in [0.15, 0.2) is 0 Å². The van der Waals surface area contributed by atoms with Crippen molar-refractivity contribution in [1.29, 1.82) is 0 Å². The van der Waals surface area contributed by atoms with Gasteiger partial charge in [-0.05, 0) is 13.3 Å². The molecular formula is C11H21F2NO. The minimum atomic E-state index is -2.52. The van der Waals surface area contributed by atoms with E-state index in [4.69, 9.17) is 0 Å². The van der Waals surface area contributed by atoms with Gasteiger partial charge in [0.2, 0.25) is 12.3 Å². The van der Waals surface area contributed by atoms with Crippen molar-refractivity contribution in [2.45, 2.75) is 58.9 Å². The Morgan fingerprint density at radius 2 is 1.87 bits per heavy atom. The summed E-state index contributed by atoms with van der Waals surface area (Å²) in [5.74, 6) is -2.52. The molecule has 15 heavy (non-hydrogen) atoms. The molecule has 0 spiro atoms. The minimum Gasteiger partial charge on any atom is -0.356 e. The van der Waals surface area contributed by atoms with Crippen LogP contribution in [0.5, 0.6) is 0 Å². The fourth-order valence-corrected chi connectivity index (χ4v) is 2.12. The van der Waals surface area contributed by atoms with Crippen molar-refractivity contribution in [2.24, 2.45) is 5.41 Å².